The fraction of sp³-hybridized carbons (Fsp3) is 0.600. The van der Waals surface area contributed by atoms with Gasteiger partial charge in [-0.3, -0.25) is 0 Å². The summed E-state index contributed by atoms with van der Waals surface area (Å²) in [6, 6.07) is 3.76. The van der Waals surface area contributed by atoms with E-state index in [4.69, 9.17) is 27.9 Å². The van der Waals surface area contributed by atoms with Crippen molar-refractivity contribution < 1.29 is 4.74 Å². The van der Waals surface area contributed by atoms with Crippen LogP contribution in [-0.4, -0.2) is 6.61 Å². The number of rotatable bonds is 8. The van der Waals surface area contributed by atoms with Crippen LogP contribution in [0.15, 0.2) is 12.1 Å². The van der Waals surface area contributed by atoms with E-state index in [2.05, 4.69) is 6.92 Å². The number of halogens is 2. The van der Waals surface area contributed by atoms with Crippen molar-refractivity contribution in [1.82, 2.24) is 0 Å². The Bertz CT molecular complexity index is 341. The highest BCUT2D eigenvalue weighted by Gasteiger charge is 2.07. The summed E-state index contributed by atoms with van der Waals surface area (Å²) in [6.45, 7) is 4.88. The van der Waals surface area contributed by atoms with E-state index in [0.29, 0.717) is 22.4 Å². The Labute approximate surface area is 120 Å². The van der Waals surface area contributed by atoms with Crippen LogP contribution in [0.1, 0.15) is 51.0 Å². The summed E-state index contributed by atoms with van der Waals surface area (Å²) < 4.78 is 5.67. The van der Waals surface area contributed by atoms with Crippen molar-refractivity contribution in [3.05, 3.63) is 27.7 Å². The molecule has 0 amide bonds. The monoisotopic (exact) mass is 288 g/mol. The molecule has 0 aliphatic carbocycles. The lowest BCUT2D eigenvalue weighted by Crippen LogP contribution is -1.99. The molecular weight excluding hydrogens is 267 g/mol. The van der Waals surface area contributed by atoms with Crippen molar-refractivity contribution in [3.63, 3.8) is 0 Å². The van der Waals surface area contributed by atoms with E-state index in [1.54, 1.807) is 0 Å². The van der Waals surface area contributed by atoms with E-state index < -0.39 is 0 Å². The van der Waals surface area contributed by atoms with Gasteiger partial charge < -0.3 is 4.74 Å². The van der Waals surface area contributed by atoms with Crippen LogP contribution < -0.4 is 4.74 Å². The SMILES string of the molecule is CCCCCCCCOc1c(Cl)cc(C)cc1Cl. The predicted molar refractivity (Wildman–Crippen MR) is 80.1 cm³/mol. The number of benzene rings is 1. The zero-order valence-corrected chi connectivity index (χ0v) is 12.8. The lowest BCUT2D eigenvalue weighted by molar-refractivity contribution is 0.304. The molecule has 0 unspecified atom stereocenters. The number of ether oxygens (including phenoxy) is 1. The Morgan fingerprint density at radius 2 is 1.50 bits per heavy atom. The molecule has 0 aliphatic rings. The average molecular weight is 289 g/mol. The fourth-order valence-electron chi connectivity index (χ4n) is 1.88. The molecular formula is C15H22Cl2O. The summed E-state index contributed by atoms with van der Waals surface area (Å²) in [7, 11) is 0. The Balaban J connectivity index is 2.27. The lowest BCUT2D eigenvalue weighted by Gasteiger charge is -2.10. The normalized spacial score (nSPS) is 10.7. The van der Waals surface area contributed by atoms with Crippen molar-refractivity contribution in [2.45, 2.75) is 52.4 Å². The predicted octanol–water partition coefficient (Wildman–Crippen LogP) is 6.04. The number of aryl methyl sites for hydroxylation is 1. The van der Waals surface area contributed by atoms with E-state index >= 15 is 0 Å². The average Bonchev–Trinajstić information content (AvgIpc) is 2.30. The molecule has 1 aromatic rings. The van der Waals surface area contributed by atoms with Gasteiger partial charge in [0, 0.05) is 0 Å². The van der Waals surface area contributed by atoms with Crippen molar-refractivity contribution in [2.24, 2.45) is 0 Å². The minimum atomic E-state index is 0.603. The Morgan fingerprint density at radius 1 is 0.944 bits per heavy atom. The minimum Gasteiger partial charge on any atom is -0.490 e. The molecule has 1 rings (SSSR count). The van der Waals surface area contributed by atoms with Gasteiger partial charge in [0.05, 0.1) is 16.7 Å². The van der Waals surface area contributed by atoms with Crippen LogP contribution >= 0.6 is 23.2 Å². The molecule has 0 saturated heterocycles. The number of hydrogen-bond donors (Lipinski definition) is 0. The van der Waals surface area contributed by atoms with Crippen LogP contribution in [0.2, 0.25) is 10.0 Å². The molecule has 3 heteroatoms. The third kappa shape index (κ3) is 5.49. The molecule has 0 saturated carbocycles. The van der Waals surface area contributed by atoms with Gasteiger partial charge in [0.25, 0.3) is 0 Å². The first kappa shape index (κ1) is 15.7. The summed E-state index contributed by atoms with van der Waals surface area (Å²) >= 11 is 12.2. The van der Waals surface area contributed by atoms with Crippen LogP contribution in [0.4, 0.5) is 0 Å². The molecule has 0 aliphatic heterocycles. The van der Waals surface area contributed by atoms with Gasteiger partial charge in [0.2, 0.25) is 0 Å². The van der Waals surface area contributed by atoms with E-state index in [1.165, 1.54) is 32.1 Å². The first-order valence-corrected chi connectivity index (χ1v) is 7.49. The van der Waals surface area contributed by atoms with Crippen molar-refractivity contribution in [3.8, 4) is 5.75 Å². The first-order valence-electron chi connectivity index (χ1n) is 6.73. The van der Waals surface area contributed by atoms with Crippen molar-refractivity contribution in [1.29, 1.82) is 0 Å². The Morgan fingerprint density at radius 3 is 2.11 bits per heavy atom. The summed E-state index contributed by atoms with van der Waals surface area (Å²) in [5.41, 5.74) is 1.05. The molecule has 0 bridgehead atoms. The maximum atomic E-state index is 6.11. The molecule has 18 heavy (non-hydrogen) atoms. The van der Waals surface area contributed by atoms with Gasteiger partial charge >= 0.3 is 0 Å². The van der Waals surface area contributed by atoms with Crippen molar-refractivity contribution >= 4 is 23.2 Å². The third-order valence-corrected chi connectivity index (χ3v) is 3.45. The highest BCUT2D eigenvalue weighted by Crippen LogP contribution is 2.34. The molecule has 0 aromatic heterocycles. The second-order valence-electron chi connectivity index (χ2n) is 4.67. The Hall–Kier alpha value is -0.400. The molecule has 1 nitrogen and oxygen atoms in total. The molecule has 102 valence electrons. The largest absolute Gasteiger partial charge is 0.490 e. The van der Waals surface area contributed by atoms with Crippen molar-refractivity contribution in [2.75, 3.05) is 6.61 Å². The van der Waals surface area contributed by atoms with E-state index in [9.17, 15) is 0 Å². The van der Waals surface area contributed by atoms with Crippen LogP contribution in [0.5, 0.6) is 5.75 Å². The van der Waals surface area contributed by atoms with Gasteiger partial charge in [-0.2, -0.15) is 0 Å². The molecule has 0 fully saturated rings. The molecule has 0 heterocycles. The third-order valence-electron chi connectivity index (χ3n) is 2.89. The highest BCUT2D eigenvalue weighted by molar-refractivity contribution is 6.37. The quantitative estimate of drug-likeness (QED) is 0.530. The van der Waals surface area contributed by atoms with Crippen LogP contribution in [0.3, 0.4) is 0 Å². The number of hydrogen-bond acceptors (Lipinski definition) is 1. The first-order chi connectivity index (χ1) is 8.65. The second kappa shape index (κ2) is 8.66. The van der Waals surface area contributed by atoms with E-state index in [0.717, 1.165) is 12.0 Å². The van der Waals surface area contributed by atoms with Gasteiger partial charge in [-0.25, -0.2) is 0 Å². The van der Waals surface area contributed by atoms with E-state index in [1.807, 2.05) is 19.1 Å². The molecule has 1 aromatic carbocycles. The van der Waals surface area contributed by atoms with Gasteiger partial charge in [-0.05, 0) is 31.0 Å². The summed E-state index contributed by atoms with van der Waals surface area (Å²) in [4.78, 5) is 0. The van der Waals surface area contributed by atoms with Gasteiger partial charge in [0.15, 0.2) is 5.75 Å². The molecule has 0 spiro atoms. The minimum absolute atomic E-state index is 0.603. The summed E-state index contributed by atoms with van der Waals surface area (Å²) in [5.74, 6) is 0.623. The van der Waals surface area contributed by atoms with Crippen LogP contribution in [0.25, 0.3) is 0 Å². The summed E-state index contributed by atoms with van der Waals surface area (Å²) in [5, 5.41) is 1.21. The standard InChI is InChI=1S/C15H22Cl2O/c1-3-4-5-6-7-8-9-18-15-13(16)10-12(2)11-14(15)17/h10-11H,3-9H2,1-2H3. The Kier molecular flexibility index (Phi) is 7.53. The van der Waals surface area contributed by atoms with Gasteiger partial charge in [-0.1, -0.05) is 62.2 Å². The zero-order chi connectivity index (χ0) is 13.4. The van der Waals surface area contributed by atoms with Gasteiger partial charge in [0.1, 0.15) is 0 Å². The van der Waals surface area contributed by atoms with Crippen LogP contribution in [0, 0.1) is 6.92 Å². The molecule has 0 atom stereocenters. The highest BCUT2D eigenvalue weighted by atomic mass is 35.5. The van der Waals surface area contributed by atoms with Gasteiger partial charge in [-0.15, -0.1) is 0 Å². The van der Waals surface area contributed by atoms with Crippen LogP contribution in [-0.2, 0) is 0 Å². The smallest absolute Gasteiger partial charge is 0.156 e. The maximum absolute atomic E-state index is 6.11. The maximum Gasteiger partial charge on any atom is 0.156 e. The topological polar surface area (TPSA) is 9.23 Å². The lowest BCUT2D eigenvalue weighted by atomic mass is 10.1. The molecule has 0 radical (unpaired) electrons. The second-order valence-corrected chi connectivity index (χ2v) is 5.49. The van der Waals surface area contributed by atoms with E-state index in [-0.39, 0.29) is 0 Å². The summed E-state index contributed by atoms with van der Waals surface area (Å²) in [6.07, 6.45) is 7.49. The zero-order valence-electron chi connectivity index (χ0n) is 11.3. The fourth-order valence-corrected chi connectivity index (χ4v) is 2.59. The molecule has 0 N–H and O–H groups in total. The number of unbranched alkanes of at least 4 members (excludes halogenated alkanes) is 5.